The van der Waals surface area contributed by atoms with Gasteiger partial charge in [0.05, 0.1) is 0 Å². The minimum Gasteiger partial charge on any atom is -0.0779 e. The summed E-state index contributed by atoms with van der Waals surface area (Å²) in [5.41, 5.74) is 5.77. The van der Waals surface area contributed by atoms with Crippen LogP contribution in [0.15, 0.2) is 71.5 Å². The molecule has 0 saturated heterocycles. The molecule has 0 heterocycles. The molecule has 0 bridgehead atoms. The van der Waals surface area contributed by atoms with Crippen molar-refractivity contribution in [3.63, 3.8) is 0 Å². The largest absolute Gasteiger partial charge is 0.116 e. The summed E-state index contributed by atoms with van der Waals surface area (Å²) in [4.78, 5) is 0. The number of benzene rings is 2. The Labute approximate surface area is 149 Å². The first-order valence-corrected chi connectivity index (χ1v) is 10.0. The van der Waals surface area contributed by atoms with E-state index in [1.54, 1.807) is 5.20 Å². The van der Waals surface area contributed by atoms with Crippen LogP contribution in [0.1, 0.15) is 49.8 Å². The Morgan fingerprint density at radius 3 is 2.42 bits per heavy atom. The molecule has 0 saturated carbocycles. The van der Waals surface area contributed by atoms with E-state index in [-0.39, 0.29) is 0 Å². The summed E-state index contributed by atoms with van der Waals surface area (Å²) in [6.07, 6.45) is 10.6. The number of allylic oxidation sites excluding steroid dienone is 4. The maximum absolute atomic E-state index is 2.36. The number of unbranched alkanes of at least 4 members (excludes halogenated alkanes) is 1. The van der Waals surface area contributed by atoms with Gasteiger partial charge in [-0.1, -0.05) is 90.0 Å². The second-order valence-corrected chi connectivity index (χ2v) is 8.13. The van der Waals surface area contributed by atoms with Gasteiger partial charge < -0.3 is 0 Å². The van der Waals surface area contributed by atoms with Crippen LogP contribution in [0.2, 0.25) is 0 Å². The molecule has 0 atom stereocenters. The molecule has 122 valence electrons. The molecule has 0 unspecified atom stereocenters. The molecule has 1 heteroatoms. The van der Waals surface area contributed by atoms with Gasteiger partial charge in [-0.2, -0.15) is 0 Å². The monoisotopic (exact) mass is 330 g/mol. The van der Waals surface area contributed by atoms with Crippen LogP contribution in [0.3, 0.4) is 0 Å². The molecule has 0 nitrogen and oxygen atoms in total. The zero-order valence-electron chi connectivity index (χ0n) is 14.8. The average molecular weight is 331 g/mol. The summed E-state index contributed by atoms with van der Waals surface area (Å²) < 4.78 is 0. The zero-order chi connectivity index (χ0) is 16.8. The quantitative estimate of drug-likeness (QED) is 0.613. The molecular formula is C23H26Si. The maximum atomic E-state index is 2.36. The lowest BCUT2D eigenvalue weighted by atomic mass is 10.0. The van der Waals surface area contributed by atoms with E-state index in [1.165, 1.54) is 46.7 Å². The Balaban J connectivity index is 1.70. The predicted octanol–water partition coefficient (Wildman–Crippen LogP) is 5.18. The summed E-state index contributed by atoms with van der Waals surface area (Å²) in [6, 6.07) is 18.2. The highest BCUT2D eigenvalue weighted by molar-refractivity contribution is 6.61. The summed E-state index contributed by atoms with van der Waals surface area (Å²) in [7, 11) is 0.801. The third-order valence-electron chi connectivity index (χ3n) is 4.59. The molecule has 0 N–H and O–H groups in total. The molecule has 2 aromatic carbocycles. The van der Waals surface area contributed by atoms with Crippen molar-refractivity contribution < 1.29 is 0 Å². The van der Waals surface area contributed by atoms with Crippen molar-refractivity contribution >= 4 is 14.7 Å². The van der Waals surface area contributed by atoms with Gasteiger partial charge >= 0.3 is 0 Å². The van der Waals surface area contributed by atoms with E-state index in [0.717, 1.165) is 22.4 Å². The molecule has 3 rings (SSSR count). The maximum Gasteiger partial charge on any atom is 0.116 e. The fourth-order valence-corrected chi connectivity index (χ4v) is 4.51. The minimum atomic E-state index is 0.801. The lowest BCUT2D eigenvalue weighted by molar-refractivity contribution is 0.795. The van der Waals surface area contributed by atoms with Crippen molar-refractivity contribution in [2.75, 3.05) is 0 Å². The third-order valence-corrected chi connectivity index (χ3v) is 6.02. The van der Waals surface area contributed by atoms with E-state index < -0.39 is 0 Å². The van der Waals surface area contributed by atoms with Gasteiger partial charge in [-0.25, -0.2) is 0 Å². The van der Waals surface area contributed by atoms with Crippen molar-refractivity contribution in [2.45, 2.75) is 46.0 Å². The van der Waals surface area contributed by atoms with Crippen molar-refractivity contribution in [2.24, 2.45) is 0 Å². The molecule has 0 amide bonds. The smallest absolute Gasteiger partial charge is 0.0779 e. The first-order valence-electron chi connectivity index (χ1n) is 9.04. The molecule has 2 aromatic rings. The van der Waals surface area contributed by atoms with E-state index in [2.05, 4.69) is 74.5 Å². The Kier molecular flexibility index (Phi) is 5.87. The van der Waals surface area contributed by atoms with Crippen LogP contribution in [-0.4, -0.2) is 9.52 Å². The van der Waals surface area contributed by atoms with Crippen molar-refractivity contribution in [3.05, 3.63) is 88.1 Å². The van der Waals surface area contributed by atoms with E-state index in [0.29, 0.717) is 0 Å². The van der Waals surface area contributed by atoms with Crippen LogP contribution in [-0.2, 0) is 12.8 Å². The molecule has 1 aliphatic carbocycles. The van der Waals surface area contributed by atoms with Crippen LogP contribution in [0, 0.1) is 0 Å². The summed E-state index contributed by atoms with van der Waals surface area (Å²) in [6.45, 7) is 4.45. The van der Waals surface area contributed by atoms with Gasteiger partial charge in [0.15, 0.2) is 0 Å². The van der Waals surface area contributed by atoms with Crippen LogP contribution in [0.5, 0.6) is 0 Å². The highest BCUT2D eigenvalue weighted by atomic mass is 28.2. The second kappa shape index (κ2) is 8.30. The third kappa shape index (κ3) is 4.58. The van der Waals surface area contributed by atoms with Crippen molar-refractivity contribution in [1.29, 1.82) is 0 Å². The van der Waals surface area contributed by atoms with Crippen LogP contribution >= 0.6 is 0 Å². The summed E-state index contributed by atoms with van der Waals surface area (Å²) in [5.74, 6) is 0. The number of hydrogen-bond donors (Lipinski definition) is 0. The number of hydrogen-bond acceptors (Lipinski definition) is 0. The Bertz CT molecular complexity index is 735. The summed E-state index contributed by atoms with van der Waals surface area (Å²) in [5, 5.41) is 3.07. The minimum absolute atomic E-state index is 0.801. The standard InChI is InChI=1S/C23H26Si/c1-3-4-7-19-11-13-20(14-12-19)17-21-8-5-6-9-23(21)24-22-15-10-18(2)16-22/h5-6,8-14,16H,3-4,7,15,17H2,1-2H3. The SMILES string of the molecule is CCCCc1ccc(Cc2ccccc2[Si]C2=CC(C)=CC2)cc1. The van der Waals surface area contributed by atoms with Crippen LogP contribution in [0.25, 0.3) is 0 Å². The van der Waals surface area contributed by atoms with E-state index >= 15 is 0 Å². The topological polar surface area (TPSA) is 0 Å². The van der Waals surface area contributed by atoms with Crippen LogP contribution in [0.4, 0.5) is 0 Å². The van der Waals surface area contributed by atoms with Crippen molar-refractivity contribution in [3.8, 4) is 0 Å². The molecular weight excluding hydrogens is 304 g/mol. The normalized spacial score (nSPS) is 13.8. The zero-order valence-corrected chi connectivity index (χ0v) is 15.8. The highest BCUT2D eigenvalue weighted by Crippen LogP contribution is 2.17. The number of rotatable bonds is 7. The molecule has 24 heavy (non-hydrogen) atoms. The van der Waals surface area contributed by atoms with Gasteiger partial charge in [-0.15, -0.1) is 0 Å². The van der Waals surface area contributed by atoms with E-state index in [9.17, 15) is 0 Å². The highest BCUT2D eigenvalue weighted by Gasteiger charge is 2.10. The fourth-order valence-electron chi connectivity index (χ4n) is 3.14. The van der Waals surface area contributed by atoms with Gasteiger partial charge in [0.25, 0.3) is 0 Å². The summed E-state index contributed by atoms with van der Waals surface area (Å²) >= 11 is 0. The van der Waals surface area contributed by atoms with Crippen molar-refractivity contribution in [1.82, 2.24) is 0 Å². The van der Waals surface area contributed by atoms with Gasteiger partial charge in [0, 0.05) is 0 Å². The lowest BCUT2D eigenvalue weighted by Gasteiger charge is -2.10. The van der Waals surface area contributed by atoms with Crippen LogP contribution < -0.4 is 5.19 Å². The Morgan fingerprint density at radius 2 is 1.71 bits per heavy atom. The first-order chi connectivity index (χ1) is 11.7. The average Bonchev–Trinajstić information content (AvgIpc) is 3.01. The van der Waals surface area contributed by atoms with E-state index in [4.69, 9.17) is 0 Å². The van der Waals surface area contributed by atoms with Gasteiger partial charge in [0.1, 0.15) is 9.52 Å². The fraction of sp³-hybridized carbons (Fsp3) is 0.304. The van der Waals surface area contributed by atoms with E-state index in [1.807, 2.05) is 0 Å². The first kappa shape index (κ1) is 17.0. The lowest BCUT2D eigenvalue weighted by Crippen LogP contribution is -2.21. The second-order valence-electron chi connectivity index (χ2n) is 6.70. The molecule has 2 radical (unpaired) electrons. The molecule has 0 spiro atoms. The molecule has 1 aliphatic rings. The van der Waals surface area contributed by atoms with Gasteiger partial charge in [-0.05, 0) is 49.3 Å². The Hall–Kier alpha value is -1.86. The molecule has 0 aromatic heterocycles. The molecule has 0 fully saturated rings. The van der Waals surface area contributed by atoms with Gasteiger partial charge in [-0.3, -0.25) is 0 Å². The predicted molar refractivity (Wildman–Crippen MR) is 106 cm³/mol. The Morgan fingerprint density at radius 1 is 0.958 bits per heavy atom. The van der Waals surface area contributed by atoms with Gasteiger partial charge in [0.2, 0.25) is 0 Å². The molecule has 0 aliphatic heterocycles. The number of aryl methyl sites for hydroxylation is 1.